The monoisotopic (exact) mass is 252 g/mol. The maximum absolute atomic E-state index is 12.4. The Morgan fingerprint density at radius 2 is 2.28 bits per heavy atom. The number of aliphatic hydroxyl groups is 1. The molecule has 100 valence electrons. The minimum atomic E-state index is -0.122. The van der Waals surface area contributed by atoms with Crippen molar-refractivity contribution >= 4 is 5.91 Å². The maximum Gasteiger partial charge on any atom is 0.259 e. The second-order valence-corrected chi connectivity index (χ2v) is 4.23. The topological polar surface area (TPSA) is 62.7 Å². The van der Waals surface area contributed by atoms with Gasteiger partial charge in [-0.25, -0.2) is 4.98 Å². The average Bonchev–Trinajstić information content (AvgIpc) is 2.38. The number of amides is 1. The first kappa shape index (κ1) is 14.4. The molecule has 0 saturated heterocycles. The van der Waals surface area contributed by atoms with Crippen LogP contribution in [-0.4, -0.2) is 47.2 Å². The lowest BCUT2D eigenvalue weighted by molar-refractivity contribution is 0.0689. The Balaban J connectivity index is 2.94. The molecule has 1 aromatic heterocycles. The highest BCUT2D eigenvalue weighted by molar-refractivity contribution is 5.96. The largest absolute Gasteiger partial charge is 0.480 e. The van der Waals surface area contributed by atoms with Crippen LogP contribution in [0.5, 0.6) is 5.88 Å². The third kappa shape index (κ3) is 3.43. The van der Waals surface area contributed by atoms with Crippen molar-refractivity contribution in [3.05, 3.63) is 23.9 Å². The van der Waals surface area contributed by atoms with Crippen LogP contribution >= 0.6 is 0 Å². The minimum Gasteiger partial charge on any atom is -0.480 e. The number of methoxy groups -OCH3 is 1. The van der Waals surface area contributed by atoms with Crippen molar-refractivity contribution in [1.82, 2.24) is 9.88 Å². The van der Waals surface area contributed by atoms with Gasteiger partial charge in [0, 0.05) is 25.4 Å². The third-order valence-corrected chi connectivity index (χ3v) is 2.64. The van der Waals surface area contributed by atoms with Crippen molar-refractivity contribution in [2.45, 2.75) is 26.3 Å². The van der Waals surface area contributed by atoms with E-state index < -0.39 is 0 Å². The van der Waals surface area contributed by atoms with Gasteiger partial charge in [0.15, 0.2) is 0 Å². The van der Waals surface area contributed by atoms with Crippen molar-refractivity contribution < 1.29 is 14.6 Å². The molecule has 18 heavy (non-hydrogen) atoms. The van der Waals surface area contributed by atoms with Gasteiger partial charge >= 0.3 is 0 Å². The lowest BCUT2D eigenvalue weighted by Crippen LogP contribution is -2.38. The highest BCUT2D eigenvalue weighted by atomic mass is 16.5. The molecular formula is C13H20N2O3. The quantitative estimate of drug-likeness (QED) is 0.829. The predicted molar refractivity (Wildman–Crippen MR) is 68.7 cm³/mol. The predicted octanol–water partition coefficient (Wildman–Crippen LogP) is 1.32. The Bertz CT molecular complexity index is 394. The standard InChI is InChI=1S/C13H20N2O3/c1-10(2)15(8-5-9-16)13(17)11-6-4-7-14-12(11)18-3/h4,6-7,10,16H,5,8-9H2,1-3H3. The second kappa shape index (κ2) is 6.96. The summed E-state index contributed by atoms with van der Waals surface area (Å²) in [6.45, 7) is 4.47. The summed E-state index contributed by atoms with van der Waals surface area (Å²) in [5.41, 5.74) is 0.451. The molecule has 5 nitrogen and oxygen atoms in total. The van der Waals surface area contributed by atoms with E-state index in [4.69, 9.17) is 9.84 Å². The van der Waals surface area contributed by atoms with Gasteiger partial charge in [-0.2, -0.15) is 0 Å². The Kier molecular flexibility index (Phi) is 5.58. The molecule has 0 spiro atoms. The normalized spacial score (nSPS) is 10.5. The summed E-state index contributed by atoms with van der Waals surface area (Å²) in [7, 11) is 1.49. The molecule has 0 aliphatic rings. The number of aromatic nitrogens is 1. The molecule has 0 bridgehead atoms. The molecule has 0 unspecified atom stereocenters. The van der Waals surface area contributed by atoms with Crippen LogP contribution in [0.25, 0.3) is 0 Å². The summed E-state index contributed by atoms with van der Waals surface area (Å²) in [6, 6.07) is 3.47. The number of carbonyl (C=O) groups excluding carboxylic acids is 1. The first-order chi connectivity index (χ1) is 8.61. The van der Waals surface area contributed by atoms with Crippen molar-refractivity contribution in [1.29, 1.82) is 0 Å². The van der Waals surface area contributed by atoms with E-state index in [0.29, 0.717) is 24.4 Å². The second-order valence-electron chi connectivity index (χ2n) is 4.23. The number of pyridine rings is 1. The highest BCUT2D eigenvalue weighted by Gasteiger charge is 2.21. The molecule has 1 heterocycles. The smallest absolute Gasteiger partial charge is 0.259 e. The summed E-state index contributed by atoms with van der Waals surface area (Å²) in [4.78, 5) is 18.1. The summed E-state index contributed by atoms with van der Waals surface area (Å²) in [5, 5.41) is 8.88. The van der Waals surface area contributed by atoms with Crippen LogP contribution in [0.3, 0.4) is 0 Å². The first-order valence-corrected chi connectivity index (χ1v) is 6.02. The summed E-state index contributed by atoms with van der Waals surface area (Å²) in [6.07, 6.45) is 2.15. The fraction of sp³-hybridized carbons (Fsp3) is 0.538. The molecular weight excluding hydrogens is 232 g/mol. The summed E-state index contributed by atoms with van der Waals surface area (Å²) >= 11 is 0. The van der Waals surface area contributed by atoms with Crippen LogP contribution in [0.15, 0.2) is 18.3 Å². The Hall–Kier alpha value is -1.62. The first-order valence-electron chi connectivity index (χ1n) is 6.02. The third-order valence-electron chi connectivity index (χ3n) is 2.64. The van der Waals surface area contributed by atoms with Crippen LogP contribution in [0, 0.1) is 0 Å². The molecule has 1 aromatic rings. The molecule has 1 rings (SSSR count). The number of hydrogen-bond acceptors (Lipinski definition) is 4. The van der Waals surface area contributed by atoms with Crippen LogP contribution in [-0.2, 0) is 0 Å². The van der Waals surface area contributed by atoms with Gasteiger partial charge in [0.25, 0.3) is 5.91 Å². The van der Waals surface area contributed by atoms with E-state index in [1.54, 1.807) is 23.2 Å². The molecule has 0 aliphatic heterocycles. The number of aliphatic hydroxyl groups excluding tert-OH is 1. The van der Waals surface area contributed by atoms with Crippen LogP contribution < -0.4 is 4.74 Å². The summed E-state index contributed by atoms with van der Waals surface area (Å²) < 4.78 is 5.09. The molecule has 0 radical (unpaired) electrons. The maximum atomic E-state index is 12.4. The van der Waals surface area contributed by atoms with Crippen LogP contribution in [0.2, 0.25) is 0 Å². The molecule has 1 amide bonds. The van der Waals surface area contributed by atoms with Gasteiger partial charge in [0.05, 0.1) is 7.11 Å². The molecule has 0 aliphatic carbocycles. The van der Waals surface area contributed by atoms with Gasteiger partial charge in [-0.3, -0.25) is 4.79 Å². The molecule has 1 N–H and O–H groups in total. The van der Waals surface area contributed by atoms with Gasteiger partial charge in [0.2, 0.25) is 5.88 Å². The minimum absolute atomic E-state index is 0.0639. The summed E-state index contributed by atoms with van der Waals surface area (Å²) in [5.74, 6) is 0.209. The zero-order valence-electron chi connectivity index (χ0n) is 11.1. The lowest BCUT2D eigenvalue weighted by Gasteiger charge is -2.26. The van der Waals surface area contributed by atoms with E-state index in [2.05, 4.69) is 4.98 Å². The van der Waals surface area contributed by atoms with Crippen LogP contribution in [0.4, 0.5) is 0 Å². The Morgan fingerprint density at radius 1 is 1.56 bits per heavy atom. The lowest BCUT2D eigenvalue weighted by atomic mass is 10.2. The number of ether oxygens (including phenoxy) is 1. The van der Waals surface area contributed by atoms with E-state index >= 15 is 0 Å². The molecule has 0 atom stereocenters. The van der Waals surface area contributed by atoms with E-state index in [-0.39, 0.29) is 18.6 Å². The van der Waals surface area contributed by atoms with Gasteiger partial charge in [0.1, 0.15) is 5.56 Å². The van der Waals surface area contributed by atoms with E-state index in [9.17, 15) is 4.79 Å². The van der Waals surface area contributed by atoms with E-state index in [1.807, 2.05) is 13.8 Å². The van der Waals surface area contributed by atoms with Gasteiger partial charge in [-0.15, -0.1) is 0 Å². The zero-order valence-corrected chi connectivity index (χ0v) is 11.1. The van der Waals surface area contributed by atoms with Crippen LogP contribution in [0.1, 0.15) is 30.6 Å². The Labute approximate surface area is 107 Å². The van der Waals surface area contributed by atoms with Gasteiger partial charge < -0.3 is 14.7 Å². The van der Waals surface area contributed by atoms with Gasteiger partial charge in [-0.1, -0.05) is 0 Å². The van der Waals surface area contributed by atoms with Crippen molar-refractivity contribution in [3.63, 3.8) is 0 Å². The number of rotatable bonds is 6. The number of hydrogen-bond donors (Lipinski definition) is 1. The zero-order chi connectivity index (χ0) is 13.5. The fourth-order valence-corrected chi connectivity index (χ4v) is 1.71. The number of carbonyl (C=O) groups is 1. The molecule has 0 fully saturated rings. The Morgan fingerprint density at radius 3 is 2.83 bits per heavy atom. The average molecular weight is 252 g/mol. The fourth-order valence-electron chi connectivity index (χ4n) is 1.71. The highest BCUT2D eigenvalue weighted by Crippen LogP contribution is 2.17. The van der Waals surface area contributed by atoms with Crippen molar-refractivity contribution in [2.24, 2.45) is 0 Å². The molecule has 5 heteroatoms. The van der Waals surface area contributed by atoms with Crippen molar-refractivity contribution in [3.8, 4) is 5.88 Å². The van der Waals surface area contributed by atoms with E-state index in [0.717, 1.165) is 0 Å². The SMILES string of the molecule is COc1ncccc1C(=O)N(CCCO)C(C)C. The van der Waals surface area contributed by atoms with Crippen molar-refractivity contribution in [2.75, 3.05) is 20.3 Å². The molecule has 0 saturated carbocycles. The van der Waals surface area contributed by atoms with E-state index in [1.165, 1.54) is 7.11 Å². The number of nitrogens with zero attached hydrogens (tertiary/aromatic N) is 2. The van der Waals surface area contributed by atoms with Gasteiger partial charge in [-0.05, 0) is 32.4 Å². The molecule has 0 aromatic carbocycles.